The molecule has 2 aromatic heterocycles. The van der Waals surface area contributed by atoms with Gasteiger partial charge < -0.3 is 14.8 Å². The van der Waals surface area contributed by atoms with Gasteiger partial charge in [0.15, 0.2) is 0 Å². The van der Waals surface area contributed by atoms with E-state index in [0.717, 1.165) is 37.2 Å². The molecule has 1 aromatic carbocycles. The van der Waals surface area contributed by atoms with Gasteiger partial charge >= 0.3 is 0 Å². The summed E-state index contributed by atoms with van der Waals surface area (Å²) in [5, 5.41) is 4.90. The Bertz CT molecular complexity index is 939. The molecule has 1 N–H and O–H groups in total. The SMILES string of the molecule is O=C(NCc1ccc(C(=O)N2CCCCC2)cc1)c1sccc1-n1cccc1. The Labute approximate surface area is 168 Å². The Kier molecular flexibility index (Phi) is 5.58. The summed E-state index contributed by atoms with van der Waals surface area (Å²) >= 11 is 1.43. The predicted octanol–water partition coefficient (Wildman–Crippen LogP) is 4.09. The normalized spacial score (nSPS) is 14.1. The minimum atomic E-state index is -0.0906. The smallest absolute Gasteiger partial charge is 0.263 e. The summed E-state index contributed by atoms with van der Waals surface area (Å²) in [6, 6.07) is 13.4. The Hall–Kier alpha value is -2.86. The molecule has 0 spiro atoms. The fraction of sp³-hybridized carbons (Fsp3) is 0.273. The van der Waals surface area contributed by atoms with E-state index in [1.54, 1.807) is 0 Å². The first-order chi connectivity index (χ1) is 13.7. The topological polar surface area (TPSA) is 54.3 Å². The van der Waals surface area contributed by atoms with Gasteiger partial charge in [0, 0.05) is 37.6 Å². The lowest BCUT2D eigenvalue weighted by atomic mass is 10.1. The monoisotopic (exact) mass is 393 g/mol. The van der Waals surface area contributed by atoms with Crippen LogP contribution in [0.1, 0.15) is 44.9 Å². The molecule has 4 rings (SSSR count). The van der Waals surface area contributed by atoms with Gasteiger partial charge in [-0.1, -0.05) is 12.1 Å². The maximum Gasteiger partial charge on any atom is 0.263 e. The van der Waals surface area contributed by atoms with Gasteiger partial charge in [-0.15, -0.1) is 11.3 Å². The van der Waals surface area contributed by atoms with Gasteiger partial charge in [0.1, 0.15) is 4.88 Å². The zero-order valence-corrected chi connectivity index (χ0v) is 16.5. The third kappa shape index (κ3) is 4.02. The van der Waals surface area contributed by atoms with Crippen molar-refractivity contribution >= 4 is 23.2 Å². The van der Waals surface area contributed by atoms with E-state index in [9.17, 15) is 9.59 Å². The highest BCUT2D eigenvalue weighted by molar-refractivity contribution is 7.12. The third-order valence-electron chi connectivity index (χ3n) is 5.03. The largest absolute Gasteiger partial charge is 0.347 e. The predicted molar refractivity (Wildman–Crippen MR) is 111 cm³/mol. The van der Waals surface area contributed by atoms with Crippen LogP contribution in [0.5, 0.6) is 0 Å². The molecule has 144 valence electrons. The lowest BCUT2D eigenvalue weighted by Crippen LogP contribution is -2.35. The maximum atomic E-state index is 12.6. The number of rotatable bonds is 5. The fourth-order valence-electron chi connectivity index (χ4n) is 3.48. The Balaban J connectivity index is 1.37. The molecule has 2 amide bonds. The Morgan fingerprint density at radius 3 is 2.39 bits per heavy atom. The number of nitrogens with one attached hydrogen (secondary N) is 1. The number of thiophene rings is 1. The van der Waals surface area contributed by atoms with Crippen LogP contribution in [0.2, 0.25) is 0 Å². The summed E-state index contributed by atoms with van der Waals surface area (Å²) in [6.45, 7) is 2.13. The summed E-state index contributed by atoms with van der Waals surface area (Å²) in [6.07, 6.45) is 7.24. The lowest BCUT2D eigenvalue weighted by Gasteiger charge is -2.26. The van der Waals surface area contributed by atoms with Gasteiger partial charge in [-0.3, -0.25) is 9.59 Å². The highest BCUT2D eigenvalue weighted by Crippen LogP contribution is 2.21. The van der Waals surface area contributed by atoms with Crippen LogP contribution in [-0.4, -0.2) is 34.4 Å². The zero-order valence-electron chi connectivity index (χ0n) is 15.6. The third-order valence-corrected chi connectivity index (χ3v) is 5.93. The number of carbonyl (C=O) groups excluding carboxylic acids is 2. The van der Waals surface area contributed by atoms with Crippen molar-refractivity contribution in [2.24, 2.45) is 0 Å². The van der Waals surface area contributed by atoms with Crippen molar-refractivity contribution in [2.45, 2.75) is 25.8 Å². The van der Waals surface area contributed by atoms with E-state index in [1.165, 1.54) is 17.8 Å². The first-order valence-corrected chi connectivity index (χ1v) is 10.5. The minimum Gasteiger partial charge on any atom is -0.347 e. The van der Waals surface area contributed by atoms with E-state index < -0.39 is 0 Å². The summed E-state index contributed by atoms with van der Waals surface area (Å²) < 4.78 is 1.94. The van der Waals surface area contributed by atoms with Crippen LogP contribution in [0.3, 0.4) is 0 Å². The van der Waals surface area contributed by atoms with Crippen molar-refractivity contribution < 1.29 is 9.59 Å². The second-order valence-electron chi connectivity index (χ2n) is 6.96. The molecule has 0 saturated carbocycles. The average Bonchev–Trinajstić information content (AvgIpc) is 3.44. The van der Waals surface area contributed by atoms with Crippen LogP contribution in [0, 0.1) is 0 Å². The summed E-state index contributed by atoms with van der Waals surface area (Å²) in [7, 11) is 0. The van der Waals surface area contributed by atoms with Crippen molar-refractivity contribution in [1.82, 2.24) is 14.8 Å². The summed E-state index contributed by atoms with van der Waals surface area (Å²) in [5.74, 6) is 0.0115. The van der Waals surface area contributed by atoms with Gasteiger partial charge in [0.2, 0.25) is 0 Å². The molecular weight excluding hydrogens is 370 g/mol. The molecule has 5 nitrogen and oxygen atoms in total. The summed E-state index contributed by atoms with van der Waals surface area (Å²) in [5.41, 5.74) is 2.57. The minimum absolute atomic E-state index is 0.0906. The average molecular weight is 394 g/mol. The van der Waals surface area contributed by atoms with Gasteiger partial charge in [-0.05, 0) is 60.5 Å². The van der Waals surface area contributed by atoms with E-state index >= 15 is 0 Å². The van der Waals surface area contributed by atoms with Crippen LogP contribution in [0.15, 0.2) is 60.2 Å². The van der Waals surface area contributed by atoms with Crippen LogP contribution in [-0.2, 0) is 6.54 Å². The van der Waals surface area contributed by atoms with E-state index in [2.05, 4.69) is 5.32 Å². The zero-order chi connectivity index (χ0) is 19.3. The Morgan fingerprint density at radius 2 is 1.68 bits per heavy atom. The Morgan fingerprint density at radius 1 is 0.964 bits per heavy atom. The van der Waals surface area contributed by atoms with Crippen LogP contribution in [0.25, 0.3) is 5.69 Å². The number of aromatic nitrogens is 1. The van der Waals surface area contributed by atoms with Gasteiger partial charge in [0.05, 0.1) is 5.69 Å². The number of hydrogen-bond acceptors (Lipinski definition) is 3. The molecule has 28 heavy (non-hydrogen) atoms. The number of piperidine rings is 1. The maximum absolute atomic E-state index is 12.6. The molecule has 1 saturated heterocycles. The van der Waals surface area contributed by atoms with Gasteiger partial charge in [-0.2, -0.15) is 0 Å². The molecule has 0 unspecified atom stereocenters. The first kappa shape index (κ1) is 18.5. The van der Waals surface area contributed by atoms with Crippen LogP contribution < -0.4 is 5.32 Å². The molecule has 3 heterocycles. The molecule has 3 aromatic rings. The van der Waals surface area contributed by atoms with Crippen LogP contribution >= 0.6 is 11.3 Å². The van der Waals surface area contributed by atoms with Crippen molar-refractivity contribution in [2.75, 3.05) is 13.1 Å². The molecular formula is C22H23N3O2S. The van der Waals surface area contributed by atoms with Crippen molar-refractivity contribution in [3.05, 3.63) is 76.2 Å². The van der Waals surface area contributed by atoms with E-state index in [4.69, 9.17) is 0 Å². The molecule has 1 aliphatic rings. The van der Waals surface area contributed by atoms with Crippen molar-refractivity contribution in [1.29, 1.82) is 0 Å². The molecule has 0 aliphatic carbocycles. The van der Waals surface area contributed by atoms with E-state index in [-0.39, 0.29) is 11.8 Å². The molecule has 0 atom stereocenters. The fourth-order valence-corrected chi connectivity index (χ4v) is 4.28. The second-order valence-corrected chi connectivity index (χ2v) is 7.87. The van der Waals surface area contributed by atoms with Gasteiger partial charge in [0.25, 0.3) is 11.8 Å². The lowest BCUT2D eigenvalue weighted by molar-refractivity contribution is 0.0724. The first-order valence-electron chi connectivity index (χ1n) is 9.59. The molecule has 0 radical (unpaired) electrons. The standard InChI is InChI=1S/C22H23N3O2S/c26-21(20-19(10-15-28-20)24-11-4-5-12-24)23-16-17-6-8-18(9-7-17)22(27)25-13-2-1-3-14-25/h4-12,15H,1-3,13-14,16H2,(H,23,26). The van der Waals surface area contributed by atoms with Crippen molar-refractivity contribution in [3.63, 3.8) is 0 Å². The number of benzene rings is 1. The summed E-state index contributed by atoms with van der Waals surface area (Å²) in [4.78, 5) is 27.8. The molecule has 1 aliphatic heterocycles. The number of amides is 2. The number of carbonyl (C=O) groups is 2. The highest BCUT2D eigenvalue weighted by atomic mass is 32.1. The number of hydrogen-bond donors (Lipinski definition) is 1. The van der Waals surface area contributed by atoms with Crippen molar-refractivity contribution in [3.8, 4) is 5.69 Å². The number of nitrogens with zero attached hydrogens (tertiary/aromatic N) is 2. The van der Waals surface area contributed by atoms with Crippen LogP contribution in [0.4, 0.5) is 0 Å². The molecule has 1 fully saturated rings. The number of likely N-dealkylation sites (tertiary alicyclic amines) is 1. The molecule has 6 heteroatoms. The van der Waals surface area contributed by atoms with E-state index in [0.29, 0.717) is 17.0 Å². The highest BCUT2D eigenvalue weighted by Gasteiger charge is 2.18. The second kappa shape index (κ2) is 8.44. The quantitative estimate of drug-likeness (QED) is 0.710. The molecule has 0 bridgehead atoms. The van der Waals surface area contributed by atoms with Gasteiger partial charge in [-0.25, -0.2) is 0 Å². The van der Waals surface area contributed by atoms with E-state index in [1.807, 2.05) is 69.7 Å².